The fraction of sp³-hybridized carbons (Fsp3) is 0.684. The molecule has 2 N–H and O–H groups in total. The Morgan fingerprint density at radius 2 is 2.00 bits per heavy atom. The second kappa shape index (κ2) is 4.57. The van der Waals surface area contributed by atoms with Gasteiger partial charge in [-0.2, -0.15) is 0 Å². The van der Waals surface area contributed by atoms with Crippen LogP contribution >= 0.6 is 0 Å². The first-order valence-corrected chi connectivity index (χ1v) is 8.49. The Kier molecular flexibility index (Phi) is 3.00. The second-order valence-electron chi connectivity index (χ2n) is 7.73. The van der Waals surface area contributed by atoms with Crippen molar-refractivity contribution in [2.75, 3.05) is 0 Å². The third-order valence-electron chi connectivity index (χ3n) is 7.05. The van der Waals surface area contributed by atoms with Crippen LogP contribution in [0.5, 0.6) is 0 Å². The van der Waals surface area contributed by atoms with Gasteiger partial charge < -0.3 is 10.2 Å². The van der Waals surface area contributed by atoms with Crippen LogP contribution in [0.25, 0.3) is 0 Å². The van der Waals surface area contributed by atoms with Crippen LogP contribution in [0.4, 0.5) is 0 Å². The van der Waals surface area contributed by atoms with Gasteiger partial charge in [-0.1, -0.05) is 42.9 Å². The molecule has 0 spiro atoms. The minimum Gasteiger partial charge on any atom is -0.367 e. The maximum absolute atomic E-state index is 10.00. The molecule has 0 amide bonds. The molecule has 0 aromatic carbocycles. The molecule has 0 heterocycles. The molecule has 2 nitrogen and oxygen atoms in total. The van der Waals surface area contributed by atoms with Gasteiger partial charge in [0.2, 0.25) is 0 Å². The maximum atomic E-state index is 10.00. The molecule has 4 aliphatic carbocycles. The van der Waals surface area contributed by atoms with Crippen LogP contribution in [0.15, 0.2) is 36.0 Å². The Bertz CT molecular complexity index is 530. The van der Waals surface area contributed by atoms with E-state index in [0.29, 0.717) is 17.8 Å². The normalized spacial score (nSPS) is 47.8. The largest absolute Gasteiger partial charge is 0.367 e. The van der Waals surface area contributed by atoms with Gasteiger partial charge in [-0.25, -0.2) is 0 Å². The summed E-state index contributed by atoms with van der Waals surface area (Å²) < 4.78 is 0. The second-order valence-corrected chi connectivity index (χ2v) is 7.73. The summed E-state index contributed by atoms with van der Waals surface area (Å²) in [5, 5.41) is 20.0. The van der Waals surface area contributed by atoms with Gasteiger partial charge in [0.05, 0.1) is 0 Å². The first-order valence-electron chi connectivity index (χ1n) is 8.49. The number of rotatable bonds is 1. The third-order valence-corrected chi connectivity index (χ3v) is 7.05. The number of fused-ring (bicyclic) bond motifs is 5. The Morgan fingerprint density at radius 1 is 1.14 bits per heavy atom. The highest BCUT2D eigenvalue weighted by molar-refractivity contribution is 5.32. The fourth-order valence-corrected chi connectivity index (χ4v) is 5.90. The lowest BCUT2D eigenvalue weighted by molar-refractivity contribution is -0.166. The summed E-state index contributed by atoms with van der Waals surface area (Å²) in [5.74, 6) is 1.67. The average Bonchev–Trinajstić information content (AvgIpc) is 2.92. The van der Waals surface area contributed by atoms with Crippen LogP contribution in [0.3, 0.4) is 0 Å². The highest BCUT2D eigenvalue weighted by Gasteiger charge is 2.57. The topological polar surface area (TPSA) is 40.5 Å². The molecule has 5 atom stereocenters. The van der Waals surface area contributed by atoms with Crippen LogP contribution in [0, 0.1) is 28.6 Å². The standard InChI is InChI=1S/C19H26O2/c1-18-10-3-2-5-13(18)7-8-14-15(18)9-12-19(17(20)21)11-4-6-16(14)19/h3-4,7,10-11,14-17,20-21H,2,5-6,8-9,12H2,1H3/t14-,15+,16+,18+,19-/m1/s1. The molecule has 0 aromatic rings. The van der Waals surface area contributed by atoms with Crippen molar-refractivity contribution in [3.8, 4) is 0 Å². The zero-order valence-electron chi connectivity index (χ0n) is 12.8. The number of hydrogen-bond acceptors (Lipinski definition) is 2. The molecule has 114 valence electrons. The van der Waals surface area contributed by atoms with E-state index in [0.717, 1.165) is 25.7 Å². The minimum absolute atomic E-state index is 0.219. The third kappa shape index (κ3) is 1.72. The summed E-state index contributed by atoms with van der Waals surface area (Å²) in [6.45, 7) is 2.41. The molecule has 0 radical (unpaired) electrons. The molecule has 0 aromatic heterocycles. The van der Waals surface area contributed by atoms with E-state index in [1.165, 1.54) is 12.8 Å². The predicted octanol–water partition coefficient (Wildman–Crippen LogP) is 3.57. The highest BCUT2D eigenvalue weighted by Crippen LogP contribution is 2.63. The zero-order valence-corrected chi connectivity index (χ0v) is 12.8. The molecule has 21 heavy (non-hydrogen) atoms. The Morgan fingerprint density at radius 3 is 2.81 bits per heavy atom. The van der Waals surface area contributed by atoms with E-state index >= 15 is 0 Å². The Hall–Kier alpha value is -0.860. The van der Waals surface area contributed by atoms with Crippen molar-refractivity contribution in [3.05, 3.63) is 36.0 Å². The van der Waals surface area contributed by atoms with Crippen molar-refractivity contribution in [1.82, 2.24) is 0 Å². The average molecular weight is 286 g/mol. The van der Waals surface area contributed by atoms with E-state index in [4.69, 9.17) is 0 Å². The Balaban J connectivity index is 1.73. The maximum Gasteiger partial charge on any atom is 0.160 e. The predicted molar refractivity (Wildman–Crippen MR) is 83.3 cm³/mol. The molecular weight excluding hydrogens is 260 g/mol. The molecule has 4 aliphatic rings. The lowest BCUT2D eigenvalue weighted by Gasteiger charge is -2.56. The minimum atomic E-state index is -1.21. The molecule has 1 saturated carbocycles. The lowest BCUT2D eigenvalue weighted by atomic mass is 9.49. The molecular formula is C19H26O2. The number of allylic oxidation sites excluding steroid dienone is 5. The molecule has 0 unspecified atom stereocenters. The van der Waals surface area contributed by atoms with E-state index in [9.17, 15) is 10.2 Å². The van der Waals surface area contributed by atoms with Crippen molar-refractivity contribution in [2.45, 2.75) is 51.7 Å². The molecule has 2 heteroatoms. The van der Waals surface area contributed by atoms with Crippen LogP contribution in [0.2, 0.25) is 0 Å². The number of aliphatic hydroxyl groups excluding tert-OH is 1. The quantitative estimate of drug-likeness (QED) is 0.571. The van der Waals surface area contributed by atoms with Crippen molar-refractivity contribution < 1.29 is 10.2 Å². The zero-order chi connectivity index (χ0) is 14.7. The van der Waals surface area contributed by atoms with Crippen molar-refractivity contribution in [2.24, 2.45) is 28.6 Å². The van der Waals surface area contributed by atoms with Crippen LogP contribution in [-0.4, -0.2) is 16.5 Å². The van der Waals surface area contributed by atoms with Gasteiger partial charge in [-0.05, 0) is 56.3 Å². The molecule has 1 fully saturated rings. The van der Waals surface area contributed by atoms with E-state index < -0.39 is 6.29 Å². The van der Waals surface area contributed by atoms with Gasteiger partial charge >= 0.3 is 0 Å². The lowest BCUT2D eigenvalue weighted by Crippen LogP contribution is -2.51. The number of hydrogen-bond donors (Lipinski definition) is 2. The smallest absolute Gasteiger partial charge is 0.160 e. The summed E-state index contributed by atoms with van der Waals surface area (Å²) in [6.07, 6.45) is 16.9. The van der Waals surface area contributed by atoms with E-state index in [1.807, 2.05) is 0 Å². The van der Waals surface area contributed by atoms with E-state index in [1.54, 1.807) is 5.57 Å². The summed E-state index contributed by atoms with van der Waals surface area (Å²) in [4.78, 5) is 0. The molecule has 0 aliphatic heterocycles. The van der Waals surface area contributed by atoms with E-state index in [2.05, 4.69) is 37.3 Å². The van der Waals surface area contributed by atoms with E-state index in [-0.39, 0.29) is 10.8 Å². The summed E-state index contributed by atoms with van der Waals surface area (Å²) in [7, 11) is 0. The van der Waals surface area contributed by atoms with Crippen LogP contribution in [-0.2, 0) is 0 Å². The van der Waals surface area contributed by atoms with Crippen LogP contribution < -0.4 is 0 Å². The van der Waals surface area contributed by atoms with Gasteiger partial charge in [0, 0.05) is 10.8 Å². The summed E-state index contributed by atoms with van der Waals surface area (Å²) in [6, 6.07) is 0. The van der Waals surface area contributed by atoms with Crippen molar-refractivity contribution in [3.63, 3.8) is 0 Å². The van der Waals surface area contributed by atoms with Crippen molar-refractivity contribution in [1.29, 1.82) is 0 Å². The van der Waals surface area contributed by atoms with Crippen molar-refractivity contribution >= 4 is 0 Å². The monoisotopic (exact) mass is 286 g/mol. The van der Waals surface area contributed by atoms with Gasteiger partial charge in [0.1, 0.15) is 0 Å². The van der Waals surface area contributed by atoms with Gasteiger partial charge in [0.15, 0.2) is 6.29 Å². The van der Waals surface area contributed by atoms with Gasteiger partial charge in [-0.3, -0.25) is 0 Å². The molecule has 0 bridgehead atoms. The summed E-state index contributed by atoms with van der Waals surface area (Å²) in [5.41, 5.74) is 1.48. The fourth-order valence-electron chi connectivity index (χ4n) is 5.90. The van der Waals surface area contributed by atoms with Gasteiger partial charge in [-0.15, -0.1) is 0 Å². The highest BCUT2D eigenvalue weighted by atomic mass is 16.5. The SMILES string of the molecule is C[C@]12C=CCCC1=CC[C@@H]1[C@@H]2CC[C@]2(C(O)O)C=CC[C@@H]12. The van der Waals surface area contributed by atoms with Gasteiger partial charge in [0.25, 0.3) is 0 Å². The first-order chi connectivity index (χ1) is 10.1. The summed E-state index contributed by atoms with van der Waals surface area (Å²) >= 11 is 0. The molecule has 0 saturated heterocycles. The Labute approximate surface area is 127 Å². The van der Waals surface area contributed by atoms with Crippen LogP contribution in [0.1, 0.15) is 45.4 Å². The molecule has 4 rings (SSSR count). The number of aliphatic hydroxyl groups is 2. The first kappa shape index (κ1) is 13.8.